The smallest absolute Gasteiger partial charge is 0.314 e. The first-order chi connectivity index (χ1) is 6.26. The molecule has 1 aromatic rings. The minimum absolute atomic E-state index is 0.547. The summed E-state index contributed by atoms with van der Waals surface area (Å²) in [7, 11) is 0. The van der Waals surface area contributed by atoms with Crippen LogP contribution in [0.25, 0.3) is 0 Å². The molecule has 1 heterocycles. The summed E-state index contributed by atoms with van der Waals surface area (Å²) in [6, 6.07) is 3.88. The van der Waals surface area contributed by atoms with E-state index in [2.05, 4.69) is 0 Å². The van der Waals surface area contributed by atoms with E-state index in [0.29, 0.717) is 0 Å². The number of aliphatic carboxylic acids is 1. The molecule has 1 N–H and O–H groups in total. The van der Waals surface area contributed by atoms with Gasteiger partial charge >= 0.3 is 5.97 Å². The first-order valence-electron chi connectivity index (χ1n) is 4.53. The summed E-state index contributed by atoms with van der Waals surface area (Å²) in [4.78, 5) is 12.3. The molecule has 70 valence electrons. The van der Waals surface area contributed by atoms with E-state index >= 15 is 0 Å². The number of carboxylic acids is 1. The number of hydrogen-bond acceptors (Lipinski definition) is 2. The van der Waals surface area contributed by atoms with Crippen molar-refractivity contribution in [3.8, 4) is 0 Å². The molecule has 2 nitrogen and oxygen atoms in total. The Morgan fingerprint density at radius 3 is 2.62 bits per heavy atom. The summed E-state index contributed by atoms with van der Waals surface area (Å²) in [5.74, 6) is -0.646. The number of hydrogen-bond donors (Lipinski definition) is 1. The molecule has 0 saturated heterocycles. The van der Waals surface area contributed by atoms with Crippen molar-refractivity contribution in [3.63, 3.8) is 0 Å². The van der Waals surface area contributed by atoms with Gasteiger partial charge in [0.1, 0.15) is 5.41 Å². The minimum Gasteiger partial charge on any atom is -0.481 e. The second-order valence-corrected chi connectivity index (χ2v) is 4.52. The molecule has 13 heavy (non-hydrogen) atoms. The first-order valence-corrected chi connectivity index (χ1v) is 5.41. The highest BCUT2D eigenvalue weighted by Crippen LogP contribution is 2.43. The van der Waals surface area contributed by atoms with Crippen molar-refractivity contribution in [1.29, 1.82) is 0 Å². The Morgan fingerprint density at radius 1 is 1.46 bits per heavy atom. The Balaban J connectivity index is 2.39. The molecule has 1 aliphatic carbocycles. The van der Waals surface area contributed by atoms with E-state index in [1.165, 1.54) is 0 Å². The summed E-state index contributed by atoms with van der Waals surface area (Å²) < 4.78 is 0. The van der Waals surface area contributed by atoms with Crippen LogP contribution in [0.1, 0.15) is 30.6 Å². The highest BCUT2D eigenvalue weighted by molar-refractivity contribution is 7.10. The van der Waals surface area contributed by atoms with Gasteiger partial charge in [0.2, 0.25) is 0 Å². The van der Waals surface area contributed by atoms with Crippen molar-refractivity contribution in [2.24, 2.45) is 0 Å². The van der Waals surface area contributed by atoms with Gasteiger partial charge in [-0.3, -0.25) is 4.79 Å². The molecule has 0 bridgehead atoms. The maximum atomic E-state index is 11.2. The Morgan fingerprint density at radius 2 is 2.15 bits per heavy atom. The molecule has 1 fully saturated rings. The summed E-state index contributed by atoms with van der Waals surface area (Å²) in [5.41, 5.74) is -0.547. The first kappa shape index (κ1) is 8.75. The number of carboxylic acid groups (broad SMARTS) is 1. The maximum absolute atomic E-state index is 11.2. The fourth-order valence-corrected chi connectivity index (χ4v) is 3.07. The summed E-state index contributed by atoms with van der Waals surface area (Å²) in [6.45, 7) is 0. The number of rotatable bonds is 2. The van der Waals surface area contributed by atoms with Crippen LogP contribution in [-0.2, 0) is 10.2 Å². The molecule has 1 saturated carbocycles. The third kappa shape index (κ3) is 1.27. The molecule has 1 aliphatic rings. The standard InChI is InChI=1S/C10H12O2S/c11-9(12)10(5-1-2-6-10)8-4-3-7-13-8/h3-4,7H,1-2,5-6H2,(H,11,12). The van der Waals surface area contributed by atoms with Gasteiger partial charge in [0.25, 0.3) is 0 Å². The van der Waals surface area contributed by atoms with Crippen LogP contribution >= 0.6 is 11.3 Å². The molecule has 0 spiro atoms. The second kappa shape index (κ2) is 3.14. The van der Waals surface area contributed by atoms with Crippen molar-refractivity contribution in [2.45, 2.75) is 31.1 Å². The molecular weight excluding hydrogens is 184 g/mol. The summed E-state index contributed by atoms with van der Waals surface area (Å²) >= 11 is 1.57. The van der Waals surface area contributed by atoms with E-state index in [4.69, 9.17) is 0 Å². The van der Waals surface area contributed by atoms with Crippen molar-refractivity contribution in [3.05, 3.63) is 22.4 Å². The highest BCUT2D eigenvalue weighted by Gasteiger charge is 2.43. The lowest BCUT2D eigenvalue weighted by Crippen LogP contribution is -2.31. The Labute approximate surface area is 81.2 Å². The predicted octanol–water partition coefficient (Wildman–Crippen LogP) is 2.64. The zero-order valence-electron chi connectivity index (χ0n) is 7.32. The summed E-state index contributed by atoms with van der Waals surface area (Å²) in [5, 5.41) is 11.2. The number of carbonyl (C=O) groups is 1. The van der Waals surface area contributed by atoms with Crippen molar-refractivity contribution >= 4 is 17.3 Å². The monoisotopic (exact) mass is 196 g/mol. The van der Waals surface area contributed by atoms with Gasteiger partial charge in [-0.1, -0.05) is 18.9 Å². The molecule has 0 amide bonds. The number of thiophene rings is 1. The van der Waals surface area contributed by atoms with Gasteiger partial charge in [0.05, 0.1) is 0 Å². The predicted molar refractivity (Wildman–Crippen MR) is 52.1 cm³/mol. The average molecular weight is 196 g/mol. The lowest BCUT2D eigenvalue weighted by Gasteiger charge is -2.21. The zero-order valence-corrected chi connectivity index (χ0v) is 8.14. The molecule has 2 rings (SSSR count). The van der Waals surface area contributed by atoms with E-state index < -0.39 is 11.4 Å². The summed E-state index contributed by atoms with van der Waals surface area (Å²) in [6.07, 6.45) is 3.71. The van der Waals surface area contributed by atoms with Crippen LogP contribution in [0.3, 0.4) is 0 Å². The van der Waals surface area contributed by atoms with E-state index in [-0.39, 0.29) is 0 Å². The van der Waals surface area contributed by atoms with Crippen LogP contribution < -0.4 is 0 Å². The molecule has 0 unspecified atom stereocenters. The quantitative estimate of drug-likeness (QED) is 0.789. The Bertz CT molecular complexity index is 297. The van der Waals surface area contributed by atoms with E-state index in [0.717, 1.165) is 30.6 Å². The molecular formula is C10H12O2S. The van der Waals surface area contributed by atoms with Crippen molar-refractivity contribution in [1.82, 2.24) is 0 Å². The molecule has 0 radical (unpaired) electrons. The minimum atomic E-state index is -0.646. The molecule has 0 aliphatic heterocycles. The molecule has 0 aromatic carbocycles. The van der Waals surface area contributed by atoms with Gasteiger partial charge in [-0.25, -0.2) is 0 Å². The van der Waals surface area contributed by atoms with Crippen LogP contribution in [0.5, 0.6) is 0 Å². The second-order valence-electron chi connectivity index (χ2n) is 3.57. The average Bonchev–Trinajstić information content (AvgIpc) is 2.75. The van der Waals surface area contributed by atoms with Crippen LogP contribution in [0.4, 0.5) is 0 Å². The Hall–Kier alpha value is -0.830. The zero-order chi connectivity index (χ0) is 9.31. The lowest BCUT2D eigenvalue weighted by atomic mass is 9.85. The van der Waals surface area contributed by atoms with Crippen LogP contribution in [0.15, 0.2) is 17.5 Å². The van der Waals surface area contributed by atoms with Gasteiger partial charge in [0.15, 0.2) is 0 Å². The normalized spacial score (nSPS) is 20.3. The SMILES string of the molecule is O=C(O)C1(c2cccs2)CCCC1. The van der Waals surface area contributed by atoms with Crippen LogP contribution in [0.2, 0.25) is 0 Å². The van der Waals surface area contributed by atoms with Gasteiger partial charge in [0, 0.05) is 4.88 Å². The third-order valence-electron chi connectivity index (χ3n) is 2.86. The fourth-order valence-electron chi connectivity index (χ4n) is 2.10. The molecule has 1 aromatic heterocycles. The van der Waals surface area contributed by atoms with E-state index in [1.807, 2.05) is 17.5 Å². The lowest BCUT2D eigenvalue weighted by molar-refractivity contribution is -0.143. The highest BCUT2D eigenvalue weighted by atomic mass is 32.1. The van der Waals surface area contributed by atoms with Gasteiger partial charge < -0.3 is 5.11 Å². The van der Waals surface area contributed by atoms with E-state index in [1.54, 1.807) is 11.3 Å². The van der Waals surface area contributed by atoms with Crippen molar-refractivity contribution in [2.75, 3.05) is 0 Å². The largest absolute Gasteiger partial charge is 0.481 e. The topological polar surface area (TPSA) is 37.3 Å². The van der Waals surface area contributed by atoms with E-state index in [9.17, 15) is 9.90 Å². The Kier molecular flexibility index (Phi) is 2.12. The third-order valence-corrected chi connectivity index (χ3v) is 3.93. The molecule has 0 atom stereocenters. The van der Waals surface area contributed by atoms with Gasteiger partial charge in [-0.15, -0.1) is 11.3 Å². The fraction of sp³-hybridized carbons (Fsp3) is 0.500. The molecule has 3 heteroatoms. The van der Waals surface area contributed by atoms with Crippen LogP contribution in [-0.4, -0.2) is 11.1 Å². The maximum Gasteiger partial charge on any atom is 0.314 e. The van der Waals surface area contributed by atoms with Crippen LogP contribution in [0, 0.1) is 0 Å². The van der Waals surface area contributed by atoms with Gasteiger partial charge in [-0.2, -0.15) is 0 Å². The van der Waals surface area contributed by atoms with Crippen molar-refractivity contribution < 1.29 is 9.90 Å². The van der Waals surface area contributed by atoms with Gasteiger partial charge in [-0.05, 0) is 24.3 Å².